The Morgan fingerprint density at radius 2 is 2.22 bits per heavy atom. The van der Waals surface area contributed by atoms with E-state index >= 15 is 0 Å². The summed E-state index contributed by atoms with van der Waals surface area (Å²) in [6.45, 7) is 0.659. The topological polar surface area (TPSA) is 46.2 Å². The van der Waals surface area contributed by atoms with Crippen LogP contribution in [-0.4, -0.2) is 26.0 Å². The Morgan fingerprint density at radius 1 is 1.44 bits per heavy atom. The van der Waals surface area contributed by atoms with Gasteiger partial charge in [0.05, 0.1) is 16.0 Å². The molecule has 2 rings (SSSR count). The first-order valence-electron chi connectivity index (χ1n) is 5.86. The van der Waals surface area contributed by atoms with Gasteiger partial charge in [0.2, 0.25) is 0 Å². The summed E-state index contributed by atoms with van der Waals surface area (Å²) >= 11 is 5.67. The standard InChI is InChI=1S/C12H15ClFNO2S/c13-11-5-1-3-9(12(11)14)7-15-8-10-4-2-6-18(10,16)17/h1,3,5,10,15H,2,4,6-8H2. The molecule has 0 radical (unpaired) electrons. The van der Waals surface area contributed by atoms with Gasteiger partial charge in [0, 0.05) is 18.7 Å². The lowest BCUT2D eigenvalue weighted by Crippen LogP contribution is -2.30. The van der Waals surface area contributed by atoms with E-state index in [2.05, 4.69) is 5.32 Å². The van der Waals surface area contributed by atoms with Crippen LogP contribution in [0.2, 0.25) is 5.02 Å². The predicted octanol–water partition coefficient (Wildman–Crippen LogP) is 2.15. The Kier molecular flexibility index (Phi) is 4.25. The number of benzene rings is 1. The molecule has 0 bridgehead atoms. The predicted molar refractivity (Wildman–Crippen MR) is 69.9 cm³/mol. The number of sulfone groups is 1. The third-order valence-electron chi connectivity index (χ3n) is 3.18. The SMILES string of the molecule is O=S1(=O)CCCC1CNCc1cccc(Cl)c1F. The van der Waals surface area contributed by atoms with Crippen LogP contribution in [0.3, 0.4) is 0 Å². The van der Waals surface area contributed by atoms with Crippen LogP contribution in [0, 0.1) is 5.82 Å². The third-order valence-corrected chi connectivity index (χ3v) is 5.75. The minimum atomic E-state index is -2.94. The van der Waals surface area contributed by atoms with Gasteiger partial charge >= 0.3 is 0 Å². The van der Waals surface area contributed by atoms with E-state index in [0.717, 1.165) is 6.42 Å². The summed E-state index contributed by atoms with van der Waals surface area (Å²) in [6, 6.07) is 4.80. The maximum absolute atomic E-state index is 13.6. The number of halogens is 2. The average Bonchev–Trinajstić information content (AvgIpc) is 2.64. The average molecular weight is 292 g/mol. The summed E-state index contributed by atoms with van der Waals surface area (Å²) in [6.07, 6.45) is 1.41. The molecule has 0 aromatic heterocycles. The lowest BCUT2D eigenvalue weighted by atomic mass is 10.2. The molecule has 1 unspecified atom stereocenters. The van der Waals surface area contributed by atoms with Crippen LogP contribution >= 0.6 is 11.6 Å². The number of rotatable bonds is 4. The quantitative estimate of drug-likeness (QED) is 0.924. The second-order valence-corrected chi connectivity index (χ2v) is 7.28. The first kappa shape index (κ1) is 13.8. The maximum atomic E-state index is 13.6. The number of hydrogen-bond donors (Lipinski definition) is 1. The van der Waals surface area contributed by atoms with Crippen LogP contribution in [0.15, 0.2) is 18.2 Å². The molecule has 1 fully saturated rings. The lowest BCUT2D eigenvalue weighted by Gasteiger charge is -2.11. The smallest absolute Gasteiger partial charge is 0.154 e. The van der Waals surface area contributed by atoms with E-state index in [0.29, 0.717) is 25.1 Å². The van der Waals surface area contributed by atoms with E-state index in [1.54, 1.807) is 12.1 Å². The van der Waals surface area contributed by atoms with E-state index in [1.165, 1.54) is 6.07 Å². The van der Waals surface area contributed by atoms with Crippen molar-refractivity contribution in [3.63, 3.8) is 0 Å². The Hall–Kier alpha value is -0.650. The Balaban J connectivity index is 1.91. The summed E-state index contributed by atoms with van der Waals surface area (Å²) in [5.41, 5.74) is 0.456. The molecule has 6 heteroatoms. The third kappa shape index (κ3) is 3.02. The maximum Gasteiger partial charge on any atom is 0.154 e. The van der Waals surface area contributed by atoms with Crippen LogP contribution in [0.5, 0.6) is 0 Å². The van der Waals surface area contributed by atoms with Crippen molar-refractivity contribution in [1.82, 2.24) is 5.32 Å². The number of nitrogens with one attached hydrogen (secondary N) is 1. The Labute approximate surface area is 111 Å². The minimum Gasteiger partial charge on any atom is -0.311 e. The molecule has 18 heavy (non-hydrogen) atoms. The van der Waals surface area contributed by atoms with Crippen molar-refractivity contribution in [3.8, 4) is 0 Å². The van der Waals surface area contributed by atoms with E-state index in [-0.39, 0.29) is 16.0 Å². The largest absolute Gasteiger partial charge is 0.311 e. The van der Waals surface area contributed by atoms with Gasteiger partial charge in [-0.2, -0.15) is 0 Å². The monoisotopic (exact) mass is 291 g/mol. The molecule has 0 saturated carbocycles. The van der Waals surface area contributed by atoms with E-state index in [1.807, 2.05) is 0 Å². The van der Waals surface area contributed by atoms with Gasteiger partial charge in [-0.15, -0.1) is 0 Å². The summed E-state index contributed by atoms with van der Waals surface area (Å²) in [7, 11) is -2.94. The lowest BCUT2D eigenvalue weighted by molar-refractivity contribution is 0.562. The molecule has 3 nitrogen and oxygen atoms in total. The van der Waals surface area contributed by atoms with Crippen molar-refractivity contribution in [3.05, 3.63) is 34.6 Å². The highest BCUT2D eigenvalue weighted by atomic mass is 35.5. The molecule has 0 aliphatic carbocycles. The summed E-state index contributed by atoms with van der Waals surface area (Å²) in [5.74, 6) is -0.175. The van der Waals surface area contributed by atoms with Crippen LogP contribution in [0.4, 0.5) is 4.39 Å². The van der Waals surface area contributed by atoms with Gasteiger partial charge in [0.1, 0.15) is 5.82 Å². The molecular formula is C12H15ClFNO2S. The molecule has 1 aliphatic heterocycles. The zero-order valence-electron chi connectivity index (χ0n) is 9.83. The van der Waals surface area contributed by atoms with Crippen molar-refractivity contribution in [2.45, 2.75) is 24.6 Å². The van der Waals surface area contributed by atoms with Crippen LogP contribution in [-0.2, 0) is 16.4 Å². The molecule has 1 heterocycles. The fraction of sp³-hybridized carbons (Fsp3) is 0.500. The summed E-state index contributed by atoms with van der Waals surface area (Å²) < 4.78 is 36.7. The van der Waals surface area contributed by atoms with Gasteiger partial charge in [-0.05, 0) is 18.9 Å². The van der Waals surface area contributed by atoms with Crippen molar-refractivity contribution < 1.29 is 12.8 Å². The van der Waals surface area contributed by atoms with Crippen molar-refractivity contribution in [2.75, 3.05) is 12.3 Å². The van der Waals surface area contributed by atoms with Crippen LogP contribution in [0.25, 0.3) is 0 Å². The highest BCUT2D eigenvalue weighted by Gasteiger charge is 2.30. The highest BCUT2D eigenvalue weighted by Crippen LogP contribution is 2.20. The molecule has 1 aromatic rings. The second-order valence-electron chi connectivity index (χ2n) is 4.48. The van der Waals surface area contributed by atoms with Gasteiger partial charge in [-0.1, -0.05) is 23.7 Å². The van der Waals surface area contributed by atoms with Gasteiger partial charge in [-0.3, -0.25) is 0 Å². The molecule has 1 aromatic carbocycles. The van der Waals surface area contributed by atoms with E-state index in [4.69, 9.17) is 11.6 Å². The molecule has 1 atom stereocenters. The Bertz CT molecular complexity index is 533. The van der Waals surface area contributed by atoms with E-state index < -0.39 is 15.7 Å². The molecule has 100 valence electrons. The summed E-state index contributed by atoms with van der Waals surface area (Å²) in [5, 5.41) is 2.74. The highest BCUT2D eigenvalue weighted by molar-refractivity contribution is 7.92. The van der Waals surface area contributed by atoms with Gasteiger partial charge in [-0.25, -0.2) is 12.8 Å². The van der Waals surface area contributed by atoms with Gasteiger partial charge in [0.25, 0.3) is 0 Å². The van der Waals surface area contributed by atoms with Gasteiger partial charge < -0.3 is 5.32 Å². The van der Waals surface area contributed by atoms with Crippen molar-refractivity contribution in [1.29, 1.82) is 0 Å². The first-order chi connectivity index (χ1) is 8.50. The Morgan fingerprint density at radius 3 is 2.89 bits per heavy atom. The fourth-order valence-corrected chi connectivity index (χ4v) is 4.13. The molecule has 0 spiro atoms. The fourth-order valence-electron chi connectivity index (χ4n) is 2.14. The first-order valence-corrected chi connectivity index (χ1v) is 7.95. The number of hydrogen-bond acceptors (Lipinski definition) is 3. The molecular weight excluding hydrogens is 277 g/mol. The normalized spacial score (nSPS) is 22.2. The van der Waals surface area contributed by atoms with Crippen molar-refractivity contribution in [2.24, 2.45) is 0 Å². The van der Waals surface area contributed by atoms with Gasteiger partial charge in [0.15, 0.2) is 9.84 Å². The molecule has 1 aliphatic rings. The van der Waals surface area contributed by atoms with Crippen molar-refractivity contribution >= 4 is 21.4 Å². The second kappa shape index (κ2) is 5.55. The van der Waals surface area contributed by atoms with Crippen LogP contribution < -0.4 is 5.32 Å². The molecule has 1 N–H and O–H groups in total. The molecule has 0 amide bonds. The molecule has 1 saturated heterocycles. The summed E-state index contributed by atoms with van der Waals surface area (Å²) in [4.78, 5) is 0. The van der Waals surface area contributed by atoms with E-state index in [9.17, 15) is 12.8 Å². The zero-order valence-corrected chi connectivity index (χ0v) is 11.4. The minimum absolute atomic E-state index is 0.0859. The zero-order chi connectivity index (χ0) is 13.2. The van der Waals surface area contributed by atoms with Crippen LogP contribution in [0.1, 0.15) is 18.4 Å².